The van der Waals surface area contributed by atoms with E-state index in [-0.39, 0.29) is 18.0 Å². The first kappa shape index (κ1) is 8.95. The molecule has 0 aliphatic rings. The average Bonchev–Trinajstić information content (AvgIpc) is 2.59. The van der Waals surface area contributed by atoms with E-state index >= 15 is 0 Å². The van der Waals surface area contributed by atoms with E-state index in [1.54, 1.807) is 0 Å². The highest BCUT2D eigenvalue weighted by Crippen LogP contribution is 2.23. The number of hydrogen-bond acceptors (Lipinski definition) is 4. The monoisotopic (exact) mass is 213 g/mol. The number of rotatable bonds is 2. The van der Waals surface area contributed by atoms with E-state index in [0.29, 0.717) is 11.0 Å². The van der Waals surface area contributed by atoms with Crippen LogP contribution in [0.5, 0.6) is 0 Å². The molecule has 0 fully saturated rings. The number of fused-ring (bicyclic) bond motifs is 1. The summed E-state index contributed by atoms with van der Waals surface area (Å²) in [5.41, 5.74) is 0.848. The molecule has 7 heteroatoms. The SMILES string of the molecule is O=[N+]([O-])c1ccc2ncn(SF)c2c1. The lowest BCUT2D eigenvalue weighted by Crippen LogP contribution is -1.88. The zero-order valence-corrected chi connectivity index (χ0v) is 7.57. The minimum absolute atomic E-state index is 0.0431. The molecule has 0 radical (unpaired) electrons. The molecule has 0 saturated carbocycles. The second kappa shape index (κ2) is 3.26. The summed E-state index contributed by atoms with van der Waals surface area (Å²) >= 11 is -0.0431. The highest BCUT2D eigenvalue weighted by atomic mass is 32.2. The van der Waals surface area contributed by atoms with E-state index < -0.39 is 4.92 Å². The fourth-order valence-corrected chi connectivity index (χ4v) is 1.45. The molecule has 0 saturated heterocycles. The van der Waals surface area contributed by atoms with Crippen molar-refractivity contribution in [3.05, 3.63) is 34.6 Å². The fraction of sp³-hybridized carbons (Fsp3) is 0. The third kappa shape index (κ3) is 1.31. The number of aromatic nitrogens is 2. The number of nitrogens with zero attached hydrogens (tertiary/aromatic N) is 3. The number of nitro groups is 1. The third-order valence-corrected chi connectivity index (χ3v) is 2.22. The standard InChI is InChI=1S/C7H4FN3O2S/c8-14-10-4-9-6-2-1-5(11(12)13)3-7(6)10/h1-4H. The average molecular weight is 213 g/mol. The second-order valence-corrected chi connectivity index (χ2v) is 3.10. The van der Waals surface area contributed by atoms with Gasteiger partial charge in [0.25, 0.3) is 5.69 Å². The van der Waals surface area contributed by atoms with Gasteiger partial charge in [-0.3, -0.25) is 10.1 Å². The number of halogens is 1. The molecule has 0 bridgehead atoms. The Labute approximate surface area is 82.1 Å². The van der Waals surface area contributed by atoms with E-state index in [2.05, 4.69) is 4.98 Å². The van der Waals surface area contributed by atoms with Crippen LogP contribution in [0.1, 0.15) is 0 Å². The van der Waals surface area contributed by atoms with Crippen molar-refractivity contribution in [1.29, 1.82) is 0 Å². The van der Waals surface area contributed by atoms with Gasteiger partial charge >= 0.3 is 0 Å². The van der Waals surface area contributed by atoms with Crippen molar-refractivity contribution in [2.75, 3.05) is 0 Å². The van der Waals surface area contributed by atoms with Gasteiger partial charge in [0.2, 0.25) is 0 Å². The molecule has 1 aromatic carbocycles. The molecule has 72 valence electrons. The first-order valence-corrected chi connectivity index (χ1v) is 4.30. The van der Waals surface area contributed by atoms with Crippen molar-refractivity contribution in [1.82, 2.24) is 8.96 Å². The van der Waals surface area contributed by atoms with Crippen LogP contribution in [0.2, 0.25) is 0 Å². The molecule has 0 aliphatic heterocycles. The molecule has 0 N–H and O–H groups in total. The molecule has 1 heterocycles. The van der Waals surface area contributed by atoms with Gasteiger partial charge < -0.3 is 0 Å². The van der Waals surface area contributed by atoms with Crippen LogP contribution < -0.4 is 0 Å². The third-order valence-electron chi connectivity index (χ3n) is 1.78. The fourth-order valence-electron chi connectivity index (χ4n) is 1.14. The van der Waals surface area contributed by atoms with Crippen LogP contribution in [0.3, 0.4) is 0 Å². The van der Waals surface area contributed by atoms with Crippen molar-refractivity contribution >= 4 is 29.1 Å². The molecule has 5 nitrogen and oxygen atoms in total. The Morgan fingerprint density at radius 1 is 1.57 bits per heavy atom. The normalized spacial score (nSPS) is 10.6. The van der Waals surface area contributed by atoms with Gasteiger partial charge in [-0.25, -0.2) is 8.96 Å². The van der Waals surface area contributed by atoms with Crippen molar-refractivity contribution in [2.45, 2.75) is 0 Å². The molecule has 14 heavy (non-hydrogen) atoms. The van der Waals surface area contributed by atoms with Gasteiger partial charge in [-0.15, -0.1) is 3.89 Å². The molecule has 2 aromatic rings. The summed E-state index contributed by atoms with van der Waals surface area (Å²) < 4.78 is 13.4. The molecule has 0 amide bonds. The first-order chi connectivity index (χ1) is 6.72. The molecule has 0 spiro atoms. The first-order valence-electron chi connectivity index (χ1n) is 3.63. The second-order valence-electron chi connectivity index (χ2n) is 2.57. The number of imidazole rings is 1. The topological polar surface area (TPSA) is 61.0 Å². The van der Waals surface area contributed by atoms with Crippen molar-refractivity contribution in [2.24, 2.45) is 0 Å². The van der Waals surface area contributed by atoms with E-state index in [4.69, 9.17) is 0 Å². The summed E-state index contributed by atoms with van der Waals surface area (Å²) in [6.45, 7) is 0. The maximum Gasteiger partial charge on any atom is 0.271 e. The highest BCUT2D eigenvalue weighted by molar-refractivity contribution is 7.92. The van der Waals surface area contributed by atoms with E-state index in [1.807, 2.05) is 0 Å². The molecular formula is C7H4FN3O2S. The molecule has 0 atom stereocenters. The van der Waals surface area contributed by atoms with Gasteiger partial charge in [-0.2, -0.15) is 0 Å². The van der Waals surface area contributed by atoms with Gasteiger partial charge in [0.15, 0.2) is 12.3 Å². The van der Waals surface area contributed by atoms with E-state index in [1.165, 1.54) is 24.5 Å². The smallest absolute Gasteiger partial charge is 0.258 e. The summed E-state index contributed by atoms with van der Waals surface area (Å²) in [5, 5.41) is 10.4. The lowest BCUT2D eigenvalue weighted by molar-refractivity contribution is -0.384. The van der Waals surface area contributed by atoms with Gasteiger partial charge in [-0.1, -0.05) is 0 Å². The Kier molecular flexibility index (Phi) is 2.08. The van der Waals surface area contributed by atoms with Crippen LogP contribution in [0.15, 0.2) is 24.5 Å². The van der Waals surface area contributed by atoms with Crippen molar-refractivity contribution < 1.29 is 8.81 Å². The van der Waals surface area contributed by atoms with E-state index in [0.717, 1.165) is 3.97 Å². The van der Waals surface area contributed by atoms with Crippen molar-refractivity contribution in [3.8, 4) is 0 Å². The lowest BCUT2D eigenvalue weighted by Gasteiger charge is -1.94. The van der Waals surface area contributed by atoms with Gasteiger partial charge in [0, 0.05) is 12.1 Å². The molecular weight excluding hydrogens is 209 g/mol. The van der Waals surface area contributed by atoms with Crippen LogP contribution in [0, 0.1) is 10.1 Å². The number of hydrogen-bond donors (Lipinski definition) is 0. The summed E-state index contributed by atoms with van der Waals surface area (Å²) in [5.74, 6) is 0. The lowest BCUT2D eigenvalue weighted by atomic mass is 10.3. The maximum atomic E-state index is 12.3. The Bertz CT molecular complexity index is 499. The highest BCUT2D eigenvalue weighted by Gasteiger charge is 2.10. The Balaban J connectivity index is 2.67. The molecule has 0 unspecified atom stereocenters. The Morgan fingerprint density at radius 3 is 3.00 bits per heavy atom. The predicted octanol–water partition coefficient (Wildman–Crippen LogP) is 2.33. The van der Waals surface area contributed by atoms with Gasteiger partial charge in [0.1, 0.15) is 6.33 Å². The largest absolute Gasteiger partial charge is 0.271 e. The summed E-state index contributed by atoms with van der Waals surface area (Å²) in [6.07, 6.45) is 1.28. The van der Waals surface area contributed by atoms with Crippen LogP contribution in [-0.4, -0.2) is 13.9 Å². The Morgan fingerprint density at radius 2 is 2.36 bits per heavy atom. The quantitative estimate of drug-likeness (QED) is 0.567. The minimum Gasteiger partial charge on any atom is -0.258 e. The zero-order chi connectivity index (χ0) is 10.1. The van der Waals surface area contributed by atoms with Gasteiger partial charge in [0.05, 0.1) is 16.0 Å². The van der Waals surface area contributed by atoms with E-state index in [9.17, 15) is 14.0 Å². The van der Waals surface area contributed by atoms with Crippen LogP contribution >= 0.6 is 12.3 Å². The number of non-ortho nitro benzene ring substituents is 1. The molecule has 1 aromatic heterocycles. The molecule has 0 aliphatic carbocycles. The number of benzene rings is 1. The maximum absolute atomic E-state index is 12.3. The predicted molar refractivity (Wildman–Crippen MR) is 50.5 cm³/mol. The van der Waals surface area contributed by atoms with Crippen LogP contribution in [0.4, 0.5) is 9.57 Å². The minimum atomic E-state index is -0.528. The number of nitro benzene ring substituents is 1. The van der Waals surface area contributed by atoms with Crippen LogP contribution in [-0.2, 0) is 0 Å². The summed E-state index contributed by atoms with van der Waals surface area (Å²) in [6, 6.07) is 4.11. The summed E-state index contributed by atoms with van der Waals surface area (Å²) in [7, 11) is 0. The summed E-state index contributed by atoms with van der Waals surface area (Å²) in [4.78, 5) is 13.8. The van der Waals surface area contributed by atoms with Crippen LogP contribution in [0.25, 0.3) is 11.0 Å². The molecule has 2 rings (SSSR count). The van der Waals surface area contributed by atoms with Crippen molar-refractivity contribution in [3.63, 3.8) is 0 Å². The van der Waals surface area contributed by atoms with Gasteiger partial charge in [-0.05, 0) is 6.07 Å². The zero-order valence-electron chi connectivity index (χ0n) is 6.75. The Hall–Kier alpha value is -1.63.